The fraction of sp³-hybridized carbons (Fsp3) is 0.762. The molecule has 2 saturated heterocycles. The SMILES string of the molecule is c1coc(CCNC(=NCC2CCCCO2)NCCCC2CCCCO2)c1. The van der Waals surface area contributed by atoms with Crippen LogP contribution in [0, 0.1) is 0 Å². The maximum Gasteiger partial charge on any atom is 0.191 e. The number of nitrogens with zero attached hydrogens (tertiary/aromatic N) is 1. The van der Waals surface area contributed by atoms with Crippen LogP contribution in [0.25, 0.3) is 0 Å². The number of hydrogen-bond donors (Lipinski definition) is 2. The largest absolute Gasteiger partial charge is 0.469 e. The number of aliphatic imine (C=N–C) groups is 1. The minimum Gasteiger partial charge on any atom is -0.469 e. The second-order valence-corrected chi connectivity index (χ2v) is 7.49. The van der Waals surface area contributed by atoms with Crippen LogP contribution in [0.1, 0.15) is 57.1 Å². The third-order valence-corrected chi connectivity index (χ3v) is 5.24. The highest BCUT2D eigenvalue weighted by Gasteiger charge is 2.14. The fourth-order valence-corrected chi connectivity index (χ4v) is 3.65. The van der Waals surface area contributed by atoms with E-state index in [0.717, 1.165) is 70.3 Å². The summed E-state index contributed by atoms with van der Waals surface area (Å²) in [5.74, 6) is 1.87. The molecule has 0 spiro atoms. The Bertz CT molecular complexity index is 521. The Labute approximate surface area is 163 Å². The molecule has 0 bridgehead atoms. The Balaban J connectivity index is 1.39. The average molecular weight is 378 g/mol. The molecular formula is C21H35N3O3. The van der Waals surface area contributed by atoms with Crippen molar-refractivity contribution in [3.8, 4) is 0 Å². The van der Waals surface area contributed by atoms with Crippen molar-refractivity contribution in [3.05, 3.63) is 24.2 Å². The van der Waals surface area contributed by atoms with E-state index >= 15 is 0 Å². The van der Waals surface area contributed by atoms with Gasteiger partial charge in [-0.3, -0.25) is 4.99 Å². The van der Waals surface area contributed by atoms with Crippen LogP contribution in [0.2, 0.25) is 0 Å². The summed E-state index contributed by atoms with van der Waals surface area (Å²) in [6.07, 6.45) is 12.8. The first-order valence-corrected chi connectivity index (χ1v) is 10.7. The zero-order valence-corrected chi connectivity index (χ0v) is 16.5. The minimum atomic E-state index is 0.262. The monoisotopic (exact) mass is 377 g/mol. The predicted molar refractivity (Wildman–Crippen MR) is 107 cm³/mol. The van der Waals surface area contributed by atoms with E-state index in [4.69, 9.17) is 18.9 Å². The van der Waals surface area contributed by atoms with Crippen molar-refractivity contribution >= 4 is 5.96 Å². The van der Waals surface area contributed by atoms with Crippen LogP contribution >= 0.6 is 0 Å². The van der Waals surface area contributed by atoms with Crippen LogP contribution in [0.15, 0.2) is 27.8 Å². The van der Waals surface area contributed by atoms with Gasteiger partial charge in [-0.15, -0.1) is 0 Å². The van der Waals surface area contributed by atoms with E-state index in [1.54, 1.807) is 6.26 Å². The van der Waals surface area contributed by atoms with E-state index in [1.807, 2.05) is 12.1 Å². The molecule has 0 saturated carbocycles. The molecule has 2 atom stereocenters. The highest BCUT2D eigenvalue weighted by molar-refractivity contribution is 5.79. The lowest BCUT2D eigenvalue weighted by atomic mass is 10.0. The van der Waals surface area contributed by atoms with Gasteiger partial charge in [0.05, 0.1) is 25.0 Å². The third kappa shape index (κ3) is 7.93. The van der Waals surface area contributed by atoms with Crippen molar-refractivity contribution in [2.45, 2.75) is 70.0 Å². The standard InChI is InChI=1S/C21H35N3O3/c1-3-14-25-18(7-1)9-5-12-22-21(23-13-11-19-10-6-16-26-19)24-17-20-8-2-4-15-27-20/h6,10,16,18,20H,1-5,7-9,11-15,17H2,(H2,22,23,24). The number of ether oxygens (including phenoxy) is 2. The smallest absolute Gasteiger partial charge is 0.191 e. The number of hydrogen-bond acceptors (Lipinski definition) is 4. The van der Waals surface area contributed by atoms with Gasteiger partial charge in [-0.1, -0.05) is 0 Å². The summed E-state index contributed by atoms with van der Waals surface area (Å²) in [5, 5.41) is 6.90. The first-order chi connectivity index (χ1) is 13.4. The molecule has 1 aromatic heterocycles. The summed E-state index contributed by atoms with van der Waals surface area (Å²) in [5.41, 5.74) is 0. The van der Waals surface area contributed by atoms with Crippen LogP contribution < -0.4 is 10.6 Å². The molecule has 0 amide bonds. The van der Waals surface area contributed by atoms with Crippen LogP contribution in [-0.2, 0) is 15.9 Å². The second-order valence-electron chi connectivity index (χ2n) is 7.49. The molecule has 6 nitrogen and oxygen atoms in total. The Kier molecular flexibility index (Phi) is 9.01. The van der Waals surface area contributed by atoms with Gasteiger partial charge in [-0.2, -0.15) is 0 Å². The molecule has 3 rings (SSSR count). The fourth-order valence-electron chi connectivity index (χ4n) is 3.65. The molecular weight excluding hydrogens is 342 g/mol. The van der Waals surface area contributed by atoms with Crippen molar-refractivity contribution in [2.24, 2.45) is 4.99 Å². The number of rotatable bonds is 9. The van der Waals surface area contributed by atoms with Gasteiger partial charge in [0.2, 0.25) is 0 Å². The maximum absolute atomic E-state index is 5.82. The molecule has 0 aliphatic carbocycles. The van der Waals surface area contributed by atoms with Gasteiger partial charge < -0.3 is 24.5 Å². The van der Waals surface area contributed by atoms with Crippen LogP contribution in [-0.4, -0.2) is 51.0 Å². The number of furan rings is 1. The lowest BCUT2D eigenvalue weighted by Gasteiger charge is -2.23. The van der Waals surface area contributed by atoms with Gasteiger partial charge in [-0.05, 0) is 63.5 Å². The van der Waals surface area contributed by atoms with Gasteiger partial charge >= 0.3 is 0 Å². The van der Waals surface area contributed by atoms with E-state index in [2.05, 4.69) is 10.6 Å². The molecule has 27 heavy (non-hydrogen) atoms. The highest BCUT2D eigenvalue weighted by atomic mass is 16.5. The minimum absolute atomic E-state index is 0.262. The van der Waals surface area contributed by atoms with Crippen molar-refractivity contribution in [3.63, 3.8) is 0 Å². The normalized spacial score (nSPS) is 23.9. The molecule has 2 unspecified atom stereocenters. The molecule has 2 aliphatic heterocycles. The summed E-state index contributed by atoms with van der Waals surface area (Å²) in [4.78, 5) is 4.76. The molecule has 3 heterocycles. The summed E-state index contributed by atoms with van der Waals surface area (Å²) in [7, 11) is 0. The Morgan fingerprint density at radius 1 is 1.00 bits per heavy atom. The zero-order valence-electron chi connectivity index (χ0n) is 16.5. The van der Waals surface area contributed by atoms with E-state index in [9.17, 15) is 0 Å². The van der Waals surface area contributed by atoms with Gasteiger partial charge in [0.15, 0.2) is 5.96 Å². The lowest BCUT2D eigenvalue weighted by molar-refractivity contribution is 0.0104. The molecule has 152 valence electrons. The first-order valence-electron chi connectivity index (χ1n) is 10.7. The van der Waals surface area contributed by atoms with Crippen LogP contribution in [0.4, 0.5) is 0 Å². The van der Waals surface area contributed by atoms with E-state index in [0.29, 0.717) is 6.10 Å². The Hall–Kier alpha value is -1.53. The van der Waals surface area contributed by atoms with Gasteiger partial charge in [0, 0.05) is 32.7 Å². The molecule has 0 aromatic carbocycles. The summed E-state index contributed by atoms with van der Waals surface area (Å²) in [6, 6.07) is 3.93. The molecule has 2 aliphatic rings. The lowest BCUT2D eigenvalue weighted by Crippen LogP contribution is -2.40. The van der Waals surface area contributed by atoms with Crippen molar-refractivity contribution in [1.29, 1.82) is 0 Å². The van der Waals surface area contributed by atoms with Crippen LogP contribution in [0.5, 0.6) is 0 Å². The summed E-state index contributed by atoms with van der Waals surface area (Å²) in [6.45, 7) is 4.24. The van der Waals surface area contributed by atoms with Crippen molar-refractivity contribution in [2.75, 3.05) is 32.8 Å². The summed E-state index contributed by atoms with van der Waals surface area (Å²) >= 11 is 0. The third-order valence-electron chi connectivity index (χ3n) is 5.24. The van der Waals surface area contributed by atoms with Gasteiger partial charge in [0.1, 0.15) is 5.76 Å². The average Bonchev–Trinajstić information content (AvgIpc) is 3.24. The predicted octanol–water partition coefficient (Wildman–Crippen LogP) is 3.28. The Morgan fingerprint density at radius 2 is 1.78 bits per heavy atom. The highest BCUT2D eigenvalue weighted by Crippen LogP contribution is 2.16. The van der Waals surface area contributed by atoms with Crippen LogP contribution in [0.3, 0.4) is 0 Å². The summed E-state index contributed by atoms with van der Waals surface area (Å²) < 4.78 is 17.0. The topological polar surface area (TPSA) is 68.0 Å². The molecule has 2 fully saturated rings. The first kappa shape index (κ1) is 20.2. The molecule has 1 aromatic rings. The quantitative estimate of drug-likeness (QED) is 0.393. The maximum atomic E-state index is 5.82. The molecule has 2 N–H and O–H groups in total. The van der Waals surface area contributed by atoms with Gasteiger partial charge in [0.25, 0.3) is 0 Å². The Morgan fingerprint density at radius 3 is 2.48 bits per heavy atom. The van der Waals surface area contributed by atoms with E-state index in [1.165, 1.54) is 32.1 Å². The van der Waals surface area contributed by atoms with E-state index in [-0.39, 0.29) is 6.10 Å². The zero-order chi connectivity index (χ0) is 18.6. The number of nitrogens with one attached hydrogen (secondary N) is 2. The van der Waals surface area contributed by atoms with Gasteiger partial charge in [-0.25, -0.2) is 0 Å². The molecule has 0 radical (unpaired) electrons. The van der Waals surface area contributed by atoms with E-state index < -0.39 is 0 Å². The number of guanidine groups is 1. The van der Waals surface area contributed by atoms with Crippen molar-refractivity contribution in [1.82, 2.24) is 10.6 Å². The molecule has 6 heteroatoms. The second kappa shape index (κ2) is 12.0. The van der Waals surface area contributed by atoms with Crippen molar-refractivity contribution < 1.29 is 13.9 Å².